The second-order valence-electron chi connectivity index (χ2n) is 12.7. The van der Waals surface area contributed by atoms with Crippen molar-refractivity contribution in [3.8, 4) is 0 Å². The average Bonchev–Trinajstić information content (AvgIpc) is 3.67. The van der Waals surface area contributed by atoms with Crippen LogP contribution in [0.25, 0.3) is 0 Å². The Kier molecular flexibility index (Phi) is 9.86. The van der Waals surface area contributed by atoms with Gasteiger partial charge >= 0.3 is 18.5 Å². The molecule has 1 aromatic carbocycles. The van der Waals surface area contributed by atoms with Crippen molar-refractivity contribution in [1.29, 1.82) is 0 Å². The van der Waals surface area contributed by atoms with Gasteiger partial charge in [-0.3, -0.25) is 4.79 Å². The van der Waals surface area contributed by atoms with Gasteiger partial charge in [0.15, 0.2) is 0 Å². The lowest BCUT2D eigenvalue weighted by atomic mass is 9.92. The van der Waals surface area contributed by atoms with Gasteiger partial charge in [0.05, 0.1) is 11.6 Å². The highest BCUT2D eigenvalue weighted by molar-refractivity contribution is 5.94. The third-order valence-electron chi connectivity index (χ3n) is 8.27. The van der Waals surface area contributed by atoms with Gasteiger partial charge in [-0.05, 0) is 64.7 Å². The molecule has 2 saturated heterocycles. The number of alkyl halides is 2. The van der Waals surface area contributed by atoms with Crippen LogP contribution in [0.3, 0.4) is 0 Å². The topological polar surface area (TPSA) is 130 Å². The van der Waals surface area contributed by atoms with Crippen molar-refractivity contribution in [3.05, 3.63) is 58.7 Å². The maximum absolute atomic E-state index is 15.0. The van der Waals surface area contributed by atoms with Crippen molar-refractivity contribution in [2.45, 2.75) is 77.5 Å². The Labute approximate surface area is 269 Å². The molecule has 5 rings (SSSR count). The lowest BCUT2D eigenvalue weighted by Gasteiger charge is -2.37. The molecule has 16 heteroatoms. The van der Waals surface area contributed by atoms with Gasteiger partial charge in [0.25, 0.3) is 5.91 Å². The molecule has 4 heterocycles. The zero-order valence-corrected chi connectivity index (χ0v) is 26.8. The molecule has 47 heavy (non-hydrogen) atoms. The second-order valence-corrected chi connectivity index (χ2v) is 12.7. The number of aryl methyl sites for hydroxylation is 1. The Morgan fingerprint density at radius 3 is 2.36 bits per heavy atom. The molecule has 0 radical (unpaired) electrons. The summed E-state index contributed by atoms with van der Waals surface area (Å²) in [7, 11) is 0. The molecule has 254 valence electrons. The molecule has 2 amide bonds. The quantitative estimate of drug-likeness (QED) is 0.329. The largest absolute Gasteiger partial charge is 0.444 e. The van der Waals surface area contributed by atoms with E-state index in [1.807, 2.05) is 6.92 Å². The molecule has 0 aliphatic carbocycles. The standard InChI is InChI=1S/C31H38F4N8O4/c1-6-43(19-7-9-41(10-8-19)29-39-26(25(34)35)40-47-29)27(44)18-13-36-28(37-14-18)42-15-21(20-11-17(2)22(32)12-23(20)33)24(16-42)38-30(45)46-31(3,4)5/h11-14,19,21,24-25H,6-10,15-16H2,1-5H3,(H,38,45)/t21-,24+/m1/s1. The first-order valence-corrected chi connectivity index (χ1v) is 15.4. The molecule has 0 saturated carbocycles. The van der Waals surface area contributed by atoms with Crippen LogP contribution in [0.2, 0.25) is 0 Å². The van der Waals surface area contributed by atoms with Gasteiger partial charge in [-0.15, -0.1) is 0 Å². The van der Waals surface area contributed by atoms with Crippen LogP contribution in [0.5, 0.6) is 0 Å². The van der Waals surface area contributed by atoms with Gasteiger partial charge in [0.1, 0.15) is 17.2 Å². The summed E-state index contributed by atoms with van der Waals surface area (Å²) in [6.07, 6.45) is 0.488. The summed E-state index contributed by atoms with van der Waals surface area (Å²) in [6, 6.07) is 1.59. The number of ether oxygens (including phenoxy) is 1. The van der Waals surface area contributed by atoms with Crippen molar-refractivity contribution >= 4 is 24.0 Å². The van der Waals surface area contributed by atoms with Gasteiger partial charge in [-0.1, -0.05) is 5.16 Å². The lowest BCUT2D eigenvalue weighted by molar-refractivity contribution is 0.0504. The van der Waals surface area contributed by atoms with Crippen LogP contribution >= 0.6 is 0 Å². The number of halogens is 4. The number of aromatic nitrogens is 4. The minimum absolute atomic E-state index is 0.0297. The highest BCUT2D eigenvalue weighted by atomic mass is 19.3. The Balaban J connectivity index is 1.27. The molecule has 0 unspecified atom stereocenters. The minimum Gasteiger partial charge on any atom is -0.444 e. The number of rotatable bonds is 8. The second kappa shape index (κ2) is 13.7. The minimum atomic E-state index is -2.82. The van der Waals surface area contributed by atoms with E-state index in [-0.39, 0.29) is 53.7 Å². The Bertz CT molecular complexity index is 1570. The molecule has 0 spiro atoms. The number of piperidine rings is 1. The summed E-state index contributed by atoms with van der Waals surface area (Å²) in [4.78, 5) is 44.0. The van der Waals surface area contributed by atoms with E-state index in [0.717, 1.165) is 6.07 Å². The molecule has 2 aliphatic heterocycles. The van der Waals surface area contributed by atoms with Crippen LogP contribution in [-0.2, 0) is 4.74 Å². The van der Waals surface area contributed by atoms with Crippen LogP contribution in [0.4, 0.5) is 34.3 Å². The van der Waals surface area contributed by atoms with E-state index in [1.54, 1.807) is 42.4 Å². The number of nitrogens with zero attached hydrogens (tertiary/aromatic N) is 7. The lowest BCUT2D eigenvalue weighted by Crippen LogP contribution is -2.47. The third kappa shape index (κ3) is 7.73. The first-order valence-electron chi connectivity index (χ1n) is 15.4. The molecule has 1 N–H and O–H groups in total. The molecule has 2 aliphatic rings. The summed E-state index contributed by atoms with van der Waals surface area (Å²) in [5, 5.41) is 6.13. The van der Waals surface area contributed by atoms with Gasteiger partial charge in [0, 0.05) is 63.1 Å². The summed E-state index contributed by atoms with van der Waals surface area (Å²) < 4.78 is 65.2. The highest BCUT2D eigenvalue weighted by Crippen LogP contribution is 2.33. The smallest absolute Gasteiger partial charge is 0.407 e. The van der Waals surface area contributed by atoms with Gasteiger partial charge < -0.3 is 29.3 Å². The van der Waals surface area contributed by atoms with Crippen LogP contribution in [-0.4, -0.2) is 87.4 Å². The van der Waals surface area contributed by atoms with Gasteiger partial charge in [-0.2, -0.15) is 4.98 Å². The number of amides is 2. The first kappa shape index (κ1) is 33.9. The van der Waals surface area contributed by atoms with E-state index in [9.17, 15) is 22.8 Å². The molecule has 12 nitrogen and oxygen atoms in total. The van der Waals surface area contributed by atoms with E-state index >= 15 is 4.39 Å². The molecule has 0 bridgehead atoms. The van der Waals surface area contributed by atoms with Gasteiger partial charge in [0.2, 0.25) is 11.8 Å². The average molecular weight is 663 g/mol. The predicted molar refractivity (Wildman–Crippen MR) is 162 cm³/mol. The molecule has 2 aromatic heterocycles. The molecular formula is C31H38F4N8O4. The number of anilines is 2. The van der Waals surface area contributed by atoms with Gasteiger partial charge in [-0.25, -0.2) is 32.3 Å². The summed E-state index contributed by atoms with van der Waals surface area (Å²) in [6.45, 7) is 10.3. The third-order valence-corrected chi connectivity index (χ3v) is 8.27. The SMILES string of the molecule is CCN(C(=O)c1cnc(N2C[C@H](NC(=O)OC(C)(C)C)[C@@H](c3cc(C)c(F)cc3F)C2)nc1)C1CCN(c2nc(C(F)F)no2)CC1. The zero-order valence-electron chi connectivity index (χ0n) is 26.8. The van der Waals surface area contributed by atoms with E-state index in [2.05, 4.69) is 25.4 Å². The number of carbonyl (C=O) groups excluding carboxylic acids is 2. The normalized spacial score (nSPS) is 18.9. The van der Waals surface area contributed by atoms with Crippen molar-refractivity contribution in [3.63, 3.8) is 0 Å². The first-order chi connectivity index (χ1) is 22.2. The van der Waals surface area contributed by atoms with Crippen LogP contribution in [0.1, 0.15) is 80.2 Å². The van der Waals surface area contributed by atoms with Crippen LogP contribution < -0.4 is 15.1 Å². The highest BCUT2D eigenvalue weighted by Gasteiger charge is 2.39. The fourth-order valence-electron chi connectivity index (χ4n) is 5.99. The maximum Gasteiger partial charge on any atom is 0.407 e. The zero-order chi connectivity index (χ0) is 34.0. The molecule has 3 aromatic rings. The van der Waals surface area contributed by atoms with E-state index in [1.165, 1.54) is 18.5 Å². The Morgan fingerprint density at radius 2 is 1.77 bits per heavy atom. The van der Waals surface area contributed by atoms with Crippen molar-refractivity contribution < 1.29 is 36.4 Å². The van der Waals surface area contributed by atoms with E-state index in [4.69, 9.17) is 9.26 Å². The number of alkyl carbamates (subject to hydrolysis) is 1. The number of nitrogens with one attached hydrogen (secondary N) is 1. The molecular weight excluding hydrogens is 624 g/mol. The van der Waals surface area contributed by atoms with Crippen molar-refractivity contribution in [1.82, 2.24) is 30.3 Å². The summed E-state index contributed by atoms with van der Waals surface area (Å²) in [5.74, 6) is -2.60. The van der Waals surface area contributed by atoms with E-state index < -0.39 is 47.5 Å². The predicted octanol–water partition coefficient (Wildman–Crippen LogP) is 5.01. The number of benzene rings is 1. The van der Waals surface area contributed by atoms with E-state index in [0.29, 0.717) is 32.5 Å². The van der Waals surface area contributed by atoms with Crippen LogP contribution in [0.15, 0.2) is 29.0 Å². The summed E-state index contributed by atoms with van der Waals surface area (Å²) in [5.41, 5.74) is 0.0454. The molecule has 2 fully saturated rings. The number of carbonyl (C=O) groups is 2. The fraction of sp³-hybridized carbons (Fsp3) is 0.548. The monoisotopic (exact) mass is 662 g/mol. The van der Waals surface area contributed by atoms with Crippen LogP contribution in [0, 0.1) is 18.6 Å². The Hall–Kier alpha value is -4.50. The number of hydrogen-bond donors (Lipinski definition) is 1. The maximum atomic E-state index is 15.0. The number of hydrogen-bond acceptors (Lipinski definition) is 10. The van der Waals surface area contributed by atoms with Crippen molar-refractivity contribution in [2.75, 3.05) is 42.5 Å². The molecule has 2 atom stereocenters. The summed E-state index contributed by atoms with van der Waals surface area (Å²) >= 11 is 0. The van der Waals surface area contributed by atoms with Crippen molar-refractivity contribution in [2.24, 2.45) is 0 Å². The Morgan fingerprint density at radius 1 is 1.09 bits per heavy atom. The fourth-order valence-corrected chi connectivity index (χ4v) is 5.99.